The SMILES string of the molecule is Cc1cc(C)c(NCc2ccc3ccccc3c2N[C@@H](C)c2ccccc2O)c(C)c1. The van der Waals surface area contributed by atoms with Crippen molar-refractivity contribution in [2.24, 2.45) is 0 Å². The maximum atomic E-state index is 10.3. The Morgan fingerprint density at radius 1 is 0.806 bits per heavy atom. The fraction of sp³-hybridized carbons (Fsp3) is 0.214. The summed E-state index contributed by atoms with van der Waals surface area (Å²) in [4.78, 5) is 0. The lowest BCUT2D eigenvalue weighted by atomic mass is 10.0. The van der Waals surface area contributed by atoms with Crippen LogP contribution in [0.1, 0.15) is 40.8 Å². The molecule has 0 saturated heterocycles. The Balaban J connectivity index is 1.70. The van der Waals surface area contributed by atoms with Crippen LogP contribution in [0, 0.1) is 20.8 Å². The van der Waals surface area contributed by atoms with E-state index < -0.39 is 0 Å². The lowest BCUT2D eigenvalue weighted by molar-refractivity contribution is 0.465. The van der Waals surface area contributed by atoms with Gasteiger partial charge in [0.25, 0.3) is 0 Å². The van der Waals surface area contributed by atoms with E-state index in [2.05, 4.69) is 86.9 Å². The number of phenolic OH excluding ortho intramolecular Hbond substituents is 1. The summed E-state index contributed by atoms with van der Waals surface area (Å²) in [6, 6.07) is 24.7. The molecule has 3 heteroatoms. The minimum atomic E-state index is -0.0337. The van der Waals surface area contributed by atoms with E-state index in [-0.39, 0.29) is 6.04 Å². The largest absolute Gasteiger partial charge is 0.508 e. The lowest BCUT2D eigenvalue weighted by Crippen LogP contribution is -2.11. The molecule has 0 bridgehead atoms. The quantitative estimate of drug-likeness (QED) is 0.313. The third kappa shape index (κ3) is 4.36. The first-order valence-corrected chi connectivity index (χ1v) is 10.8. The van der Waals surface area contributed by atoms with E-state index in [1.807, 2.05) is 18.2 Å². The Hall–Kier alpha value is -3.46. The van der Waals surface area contributed by atoms with Crippen LogP contribution in [0.3, 0.4) is 0 Å². The molecule has 0 saturated carbocycles. The van der Waals surface area contributed by atoms with E-state index in [0.717, 1.165) is 11.3 Å². The van der Waals surface area contributed by atoms with Gasteiger partial charge in [0.2, 0.25) is 0 Å². The predicted molar refractivity (Wildman–Crippen MR) is 132 cm³/mol. The van der Waals surface area contributed by atoms with Crippen LogP contribution in [-0.4, -0.2) is 5.11 Å². The molecule has 0 aliphatic carbocycles. The average Bonchev–Trinajstić information content (AvgIpc) is 2.74. The van der Waals surface area contributed by atoms with Gasteiger partial charge in [0, 0.05) is 28.9 Å². The van der Waals surface area contributed by atoms with Crippen molar-refractivity contribution in [1.82, 2.24) is 0 Å². The molecule has 0 spiro atoms. The minimum absolute atomic E-state index is 0.0337. The van der Waals surface area contributed by atoms with Gasteiger partial charge in [-0.3, -0.25) is 0 Å². The highest BCUT2D eigenvalue weighted by molar-refractivity contribution is 5.95. The third-order valence-corrected chi connectivity index (χ3v) is 5.91. The second-order valence-electron chi connectivity index (χ2n) is 8.37. The molecule has 158 valence electrons. The number of benzene rings is 4. The van der Waals surface area contributed by atoms with Crippen molar-refractivity contribution in [3.8, 4) is 5.75 Å². The standard InChI is InChI=1S/C28H30N2O/c1-18-15-19(2)27(20(3)16-18)29-17-23-14-13-22-9-5-6-11-25(22)28(23)30-21(4)24-10-7-8-12-26(24)31/h5-16,21,29-31H,17H2,1-4H3/t21-/m0/s1. The predicted octanol–water partition coefficient (Wildman–Crippen LogP) is 7.26. The summed E-state index contributed by atoms with van der Waals surface area (Å²) in [6.45, 7) is 9.24. The summed E-state index contributed by atoms with van der Waals surface area (Å²) in [5.74, 6) is 0.313. The second-order valence-corrected chi connectivity index (χ2v) is 8.37. The number of hydrogen-bond acceptors (Lipinski definition) is 3. The highest BCUT2D eigenvalue weighted by Crippen LogP contribution is 2.34. The topological polar surface area (TPSA) is 44.3 Å². The van der Waals surface area contributed by atoms with Crippen LogP contribution in [-0.2, 0) is 6.54 Å². The first-order valence-electron chi connectivity index (χ1n) is 10.8. The van der Waals surface area contributed by atoms with Crippen LogP contribution < -0.4 is 10.6 Å². The van der Waals surface area contributed by atoms with Crippen molar-refractivity contribution in [1.29, 1.82) is 0 Å². The number of anilines is 2. The van der Waals surface area contributed by atoms with Gasteiger partial charge in [-0.05, 0) is 55.8 Å². The van der Waals surface area contributed by atoms with Crippen LogP contribution in [0.5, 0.6) is 5.75 Å². The molecule has 0 amide bonds. The summed E-state index contributed by atoms with van der Waals surface area (Å²) < 4.78 is 0. The Kier molecular flexibility index (Phi) is 5.85. The van der Waals surface area contributed by atoms with Crippen molar-refractivity contribution in [2.45, 2.75) is 40.3 Å². The average molecular weight is 411 g/mol. The monoisotopic (exact) mass is 410 g/mol. The van der Waals surface area contributed by atoms with Gasteiger partial charge in [0.05, 0.1) is 6.04 Å². The molecule has 31 heavy (non-hydrogen) atoms. The zero-order valence-electron chi connectivity index (χ0n) is 18.7. The van der Waals surface area contributed by atoms with Gasteiger partial charge in [0.15, 0.2) is 0 Å². The van der Waals surface area contributed by atoms with Gasteiger partial charge in [-0.2, -0.15) is 0 Å². The highest BCUT2D eigenvalue weighted by Gasteiger charge is 2.15. The Labute approximate surface area is 184 Å². The number of para-hydroxylation sites is 1. The Morgan fingerprint density at radius 3 is 2.23 bits per heavy atom. The van der Waals surface area contributed by atoms with Crippen molar-refractivity contribution < 1.29 is 5.11 Å². The smallest absolute Gasteiger partial charge is 0.120 e. The maximum absolute atomic E-state index is 10.3. The fourth-order valence-corrected chi connectivity index (χ4v) is 4.42. The molecule has 0 aromatic heterocycles. The summed E-state index contributed by atoms with van der Waals surface area (Å²) in [7, 11) is 0. The molecular weight excluding hydrogens is 380 g/mol. The molecule has 0 fully saturated rings. The van der Waals surface area contributed by atoms with Gasteiger partial charge in [0.1, 0.15) is 5.75 Å². The molecule has 1 atom stereocenters. The van der Waals surface area contributed by atoms with Crippen molar-refractivity contribution in [3.05, 3.63) is 101 Å². The minimum Gasteiger partial charge on any atom is -0.508 e. The zero-order chi connectivity index (χ0) is 22.0. The van der Waals surface area contributed by atoms with E-state index >= 15 is 0 Å². The van der Waals surface area contributed by atoms with Crippen LogP contribution in [0.2, 0.25) is 0 Å². The molecule has 3 N–H and O–H groups in total. The first kappa shape index (κ1) is 20.8. The number of rotatable bonds is 6. The molecule has 0 radical (unpaired) electrons. The van der Waals surface area contributed by atoms with Gasteiger partial charge in [-0.1, -0.05) is 72.3 Å². The highest BCUT2D eigenvalue weighted by atomic mass is 16.3. The van der Waals surface area contributed by atoms with E-state index in [1.165, 1.54) is 38.7 Å². The van der Waals surface area contributed by atoms with Gasteiger partial charge >= 0.3 is 0 Å². The third-order valence-electron chi connectivity index (χ3n) is 5.91. The fourth-order valence-electron chi connectivity index (χ4n) is 4.42. The summed E-state index contributed by atoms with van der Waals surface area (Å²) in [5.41, 5.74) is 8.18. The van der Waals surface area contributed by atoms with Crippen molar-refractivity contribution >= 4 is 22.1 Å². The lowest BCUT2D eigenvalue weighted by Gasteiger charge is -2.22. The number of fused-ring (bicyclic) bond motifs is 1. The Bertz CT molecular complexity index is 1210. The summed E-state index contributed by atoms with van der Waals surface area (Å²) in [6.07, 6.45) is 0. The van der Waals surface area contributed by atoms with E-state index in [4.69, 9.17) is 0 Å². The molecule has 0 aliphatic rings. The van der Waals surface area contributed by atoms with Crippen LogP contribution in [0.4, 0.5) is 11.4 Å². The molecule has 0 aliphatic heterocycles. The molecule has 4 aromatic rings. The van der Waals surface area contributed by atoms with Gasteiger partial charge in [-0.25, -0.2) is 0 Å². The van der Waals surface area contributed by atoms with E-state index in [9.17, 15) is 5.11 Å². The molecule has 4 rings (SSSR count). The summed E-state index contributed by atoms with van der Waals surface area (Å²) >= 11 is 0. The second kappa shape index (κ2) is 8.73. The van der Waals surface area contributed by atoms with Crippen LogP contribution in [0.15, 0.2) is 72.8 Å². The number of aryl methyl sites for hydroxylation is 3. The summed E-state index contributed by atoms with van der Waals surface area (Å²) in [5, 5.41) is 20.1. The maximum Gasteiger partial charge on any atom is 0.120 e. The molecule has 4 aromatic carbocycles. The number of phenols is 1. The van der Waals surface area contributed by atoms with Crippen molar-refractivity contribution in [2.75, 3.05) is 10.6 Å². The van der Waals surface area contributed by atoms with Crippen molar-refractivity contribution in [3.63, 3.8) is 0 Å². The number of aromatic hydroxyl groups is 1. The molecule has 3 nitrogen and oxygen atoms in total. The van der Waals surface area contributed by atoms with Crippen LogP contribution in [0.25, 0.3) is 10.8 Å². The normalized spacial score (nSPS) is 12.0. The van der Waals surface area contributed by atoms with Gasteiger partial charge < -0.3 is 15.7 Å². The molecule has 0 unspecified atom stereocenters. The van der Waals surface area contributed by atoms with E-state index in [0.29, 0.717) is 12.3 Å². The van der Waals surface area contributed by atoms with Gasteiger partial charge in [-0.15, -0.1) is 0 Å². The zero-order valence-corrected chi connectivity index (χ0v) is 18.7. The number of nitrogens with one attached hydrogen (secondary N) is 2. The first-order chi connectivity index (χ1) is 14.9. The van der Waals surface area contributed by atoms with E-state index in [1.54, 1.807) is 6.07 Å². The van der Waals surface area contributed by atoms with Crippen LogP contribution >= 0.6 is 0 Å². The molecular formula is C28H30N2O. The molecule has 0 heterocycles. The number of hydrogen-bond donors (Lipinski definition) is 3. The Morgan fingerprint density at radius 2 is 1.48 bits per heavy atom.